The summed E-state index contributed by atoms with van der Waals surface area (Å²) in [5.41, 5.74) is 0.821. The van der Waals surface area contributed by atoms with Crippen LogP contribution in [-0.2, 0) is 9.59 Å². The molecule has 1 saturated heterocycles. The molecule has 2 aliphatic rings. The molecule has 1 saturated carbocycles. The van der Waals surface area contributed by atoms with Gasteiger partial charge in [-0.05, 0) is 38.0 Å². The second-order valence-electron chi connectivity index (χ2n) is 6.64. The highest BCUT2D eigenvalue weighted by Gasteiger charge is 2.48. The smallest absolute Gasteiger partial charge is 0.257 e. The monoisotopic (exact) mass is 370 g/mol. The van der Waals surface area contributed by atoms with Crippen LogP contribution < -0.4 is 10.2 Å². The molecule has 1 aromatic carbocycles. The summed E-state index contributed by atoms with van der Waals surface area (Å²) in [7, 11) is 0. The van der Waals surface area contributed by atoms with Gasteiger partial charge in [-0.15, -0.1) is 10.2 Å². The predicted molar refractivity (Wildman–Crippen MR) is 97.0 cm³/mol. The Balaban J connectivity index is 1.58. The Morgan fingerprint density at radius 2 is 1.85 bits per heavy atom. The molecular formula is C18H18N4O3S. The van der Waals surface area contributed by atoms with E-state index < -0.39 is 0 Å². The first-order chi connectivity index (χ1) is 12.5. The van der Waals surface area contributed by atoms with E-state index in [-0.39, 0.29) is 29.6 Å². The number of benzene rings is 1. The minimum atomic E-state index is -0.348. The first-order valence-electron chi connectivity index (χ1n) is 8.64. The van der Waals surface area contributed by atoms with Crippen molar-refractivity contribution in [1.29, 1.82) is 0 Å². The summed E-state index contributed by atoms with van der Waals surface area (Å²) >= 11 is 1.28. The van der Waals surface area contributed by atoms with E-state index in [2.05, 4.69) is 15.5 Å². The van der Waals surface area contributed by atoms with Crippen molar-refractivity contribution in [2.45, 2.75) is 32.6 Å². The number of carbonyl (C=O) groups excluding carboxylic acids is 3. The summed E-state index contributed by atoms with van der Waals surface area (Å²) in [5.74, 6) is -1.05. The molecule has 2 atom stereocenters. The van der Waals surface area contributed by atoms with Crippen LogP contribution in [0.5, 0.6) is 0 Å². The molecule has 1 N–H and O–H groups in total. The lowest BCUT2D eigenvalue weighted by atomic mass is 9.81. The fourth-order valence-corrected chi connectivity index (χ4v) is 4.31. The first kappa shape index (κ1) is 16.8. The van der Waals surface area contributed by atoms with E-state index in [9.17, 15) is 14.4 Å². The average Bonchev–Trinajstić information content (AvgIpc) is 3.17. The van der Waals surface area contributed by atoms with Crippen molar-refractivity contribution in [3.8, 4) is 0 Å². The topological polar surface area (TPSA) is 92.3 Å². The number of hydrogen-bond acceptors (Lipinski definition) is 6. The van der Waals surface area contributed by atoms with Gasteiger partial charge in [-0.25, -0.2) is 0 Å². The summed E-state index contributed by atoms with van der Waals surface area (Å²) < 4.78 is 0. The van der Waals surface area contributed by atoms with Crippen LogP contribution in [0.3, 0.4) is 0 Å². The minimum Gasteiger partial charge on any atom is -0.296 e. The molecular weight excluding hydrogens is 352 g/mol. The van der Waals surface area contributed by atoms with Gasteiger partial charge in [0.15, 0.2) is 0 Å². The van der Waals surface area contributed by atoms with Crippen molar-refractivity contribution in [1.82, 2.24) is 10.2 Å². The number of anilines is 2. The number of aryl methyl sites for hydroxylation is 1. The van der Waals surface area contributed by atoms with Gasteiger partial charge in [0.2, 0.25) is 16.9 Å². The number of aromatic nitrogens is 2. The van der Waals surface area contributed by atoms with Gasteiger partial charge in [-0.3, -0.25) is 24.6 Å². The van der Waals surface area contributed by atoms with Crippen LogP contribution in [-0.4, -0.2) is 27.9 Å². The summed E-state index contributed by atoms with van der Waals surface area (Å²) in [5, 5.41) is 11.6. The van der Waals surface area contributed by atoms with Crippen LogP contribution in [0.15, 0.2) is 24.3 Å². The fourth-order valence-electron chi connectivity index (χ4n) is 3.72. The van der Waals surface area contributed by atoms with Gasteiger partial charge in [0.1, 0.15) is 5.01 Å². The molecule has 1 aromatic heterocycles. The molecule has 0 bridgehead atoms. The van der Waals surface area contributed by atoms with E-state index >= 15 is 0 Å². The largest absolute Gasteiger partial charge is 0.296 e. The van der Waals surface area contributed by atoms with Gasteiger partial charge in [0.05, 0.1) is 17.5 Å². The molecule has 1 aliphatic heterocycles. The van der Waals surface area contributed by atoms with Crippen molar-refractivity contribution in [2.24, 2.45) is 11.8 Å². The summed E-state index contributed by atoms with van der Waals surface area (Å²) in [6.07, 6.45) is 3.50. The third kappa shape index (κ3) is 2.90. The van der Waals surface area contributed by atoms with Gasteiger partial charge in [-0.1, -0.05) is 30.2 Å². The van der Waals surface area contributed by atoms with Crippen molar-refractivity contribution in [3.63, 3.8) is 0 Å². The molecule has 2 unspecified atom stereocenters. The average molecular weight is 370 g/mol. The molecule has 8 heteroatoms. The van der Waals surface area contributed by atoms with Crippen molar-refractivity contribution in [2.75, 3.05) is 10.2 Å². The molecule has 134 valence electrons. The lowest BCUT2D eigenvalue weighted by Gasteiger charge is -2.19. The van der Waals surface area contributed by atoms with Gasteiger partial charge < -0.3 is 0 Å². The molecule has 4 rings (SSSR count). The summed E-state index contributed by atoms with van der Waals surface area (Å²) in [6.45, 7) is 1.80. The van der Waals surface area contributed by atoms with Gasteiger partial charge in [0, 0.05) is 5.56 Å². The standard InChI is InChI=1S/C18H18N4O3S/c1-10-20-21-18(26-10)19-15(23)11-5-4-6-12(9-11)22-16(24)13-7-2-3-8-14(13)17(22)25/h4-6,9,13-14H,2-3,7-8H2,1H3,(H,19,21,23). The molecule has 3 amide bonds. The van der Waals surface area contributed by atoms with Crippen LogP contribution >= 0.6 is 11.3 Å². The third-order valence-corrected chi connectivity index (χ3v) is 5.71. The number of rotatable bonds is 3. The molecule has 26 heavy (non-hydrogen) atoms. The van der Waals surface area contributed by atoms with Crippen molar-refractivity contribution >= 4 is 39.9 Å². The number of carbonyl (C=O) groups is 3. The molecule has 2 heterocycles. The normalized spacial score (nSPS) is 22.4. The Kier molecular flexibility index (Phi) is 4.28. The quantitative estimate of drug-likeness (QED) is 0.839. The second kappa shape index (κ2) is 6.60. The maximum atomic E-state index is 12.7. The van der Waals surface area contributed by atoms with Gasteiger partial charge in [-0.2, -0.15) is 0 Å². The van der Waals surface area contributed by atoms with Crippen LogP contribution in [0.25, 0.3) is 0 Å². The van der Waals surface area contributed by atoms with Gasteiger partial charge >= 0.3 is 0 Å². The predicted octanol–water partition coefficient (Wildman–Crippen LogP) is 2.78. The number of nitrogens with zero attached hydrogens (tertiary/aromatic N) is 3. The number of imide groups is 1. The van der Waals surface area contributed by atoms with Gasteiger partial charge in [0.25, 0.3) is 5.91 Å². The lowest BCUT2D eigenvalue weighted by molar-refractivity contribution is -0.122. The third-order valence-electron chi connectivity index (χ3n) is 4.95. The number of fused-ring (bicyclic) bond motifs is 1. The first-order valence-corrected chi connectivity index (χ1v) is 9.45. The highest BCUT2D eigenvalue weighted by atomic mass is 32.1. The zero-order valence-corrected chi connectivity index (χ0v) is 15.1. The van der Waals surface area contributed by atoms with E-state index in [0.717, 1.165) is 30.7 Å². The van der Waals surface area contributed by atoms with Crippen LogP contribution in [0, 0.1) is 18.8 Å². The Morgan fingerprint density at radius 1 is 1.15 bits per heavy atom. The summed E-state index contributed by atoms with van der Waals surface area (Å²) in [6, 6.07) is 6.60. The lowest BCUT2D eigenvalue weighted by Crippen LogP contribution is -2.31. The van der Waals surface area contributed by atoms with E-state index in [1.807, 2.05) is 0 Å². The van der Waals surface area contributed by atoms with Crippen molar-refractivity contribution in [3.05, 3.63) is 34.8 Å². The van der Waals surface area contributed by atoms with Crippen molar-refractivity contribution < 1.29 is 14.4 Å². The number of hydrogen-bond donors (Lipinski definition) is 1. The Morgan fingerprint density at radius 3 is 2.46 bits per heavy atom. The van der Waals surface area contributed by atoms with Crippen LogP contribution in [0.4, 0.5) is 10.8 Å². The highest BCUT2D eigenvalue weighted by molar-refractivity contribution is 7.15. The van der Waals surface area contributed by atoms with E-state index in [1.54, 1.807) is 31.2 Å². The maximum absolute atomic E-state index is 12.7. The Bertz CT molecular complexity index is 870. The minimum absolute atomic E-state index is 0.142. The zero-order chi connectivity index (χ0) is 18.3. The molecule has 2 aromatic rings. The number of amides is 3. The van der Waals surface area contributed by atoms with E-state index in [4.69, 9.17) is 0 Å². The van der Waals surface area contributed by atoms with Crippen LogP contribution in [0.1, 0.15) is 41.0 Å². The maximum Gasteiger partial charge on any atom is 0.257 e. The fraction of sp³-hybridized carbons (Fsp3) is 0.389. The molecule has 0 spiro atoms. The zero-order valence-electron chi connectivity index (χ0n) is 14.3. The summed E-state index contributed by atoms with van der Waals surface area (Å²) in [4.78, 5) is 39.1. The Labute approximate surface area is 154 Å². The SMILES string of the molecule is Cc1nnc(NC(=O)c2cccc(N3C(=O)C4CCCCC4C3=O)c2)s1. The van der Waals surface area contributed by atoms with E-state index in [1.165, 1.54) is 16.2 Å². The Hall–Kier alpha value is -2.61. The molecule has 7 nitrogen and oxygen atoms in total. The molecule has 1 aliphatic carbocycles. The highest BCUT2D eigenvalue weighted by Crippen LogP contribution is 2.40. The molecule has 0 radical (unpaired) electrons. The second-order valence-corrected chi connectivity index (χ2v) is 7.82. The van der Waals surface area contributed by atoms with E-state index in [0.29, 0.717) is 16.4 Å². The molecule has 2 fully saturated rings. The number of nitrogens with one attached hydrogen (secondary N) is 1. The van der Waals surface area contributed by atoms with Crippen LogP contribution in [0.2, 0.25) is 0 Å².